The minimum atomic E-state index is 0.518. The Morgan fingerprint density at radius 3 is 2.77 bits per heavy atom. The second kappa shape index (κ2) is 5.88. The molecule has 0 amide bonds. The van der Waals surface area contributed by atoms with Gasteiger partial charge >= 0.3 is 0 Å². The van der Waals surface area contributed by atoms with E-state index in [2.05, 4.69) is 52.1 Å². The summed E-state index contributed by atoms with van der Waals surface area (Å²) in [5, 5.41) is 4.53. The molecule has 1 saturated heterocycles. The van der Waals surface area contributed by atoms with Gasteiger partial charge in [-0.1, -0.05) is 18.2 Å². The zero-order chi connectivity index (χ0) is 14.9. The van der Waals surface area contributed by atoms with Crippen LogP contribution >= 0.6 is 0 Å². The summed E-state index contributed by atoms with van der Waals surface area (Å²) < 4.78 is 2.11. The van der Waals surface area contributed by atoms with Crippen LogP contribution in [0.2, 0.25) is 0 Å². The van der Waals surface area contributed by atoms with E-state index in [1.165, 1.54) is 55.5 Å². The number of benzene rings is 1. The zero-order valence-corrected chi connectivity index (χ0v) is 13.4. The average molecular weight is 295 g/mol. The third-order valence-corrected chi connectivity index (χ3v) is 5.17. The first-order chi connectivity index (χ1) is 10.8. The monoisotopic (exact) mass is 295 g/mol. The van der Waals surface area contributed by atoms with Crippen molar-refractivity contribution in [1.29, 1.82) is 0 Å². The second-order valence-electron chi connectivity index (χ2n) is 6.94. The van der Waals surface area contributed by atoms with E-state index in [0.29, 0.717) is 6.04 Å². The van der Waals surface area contributed by atoms with Crippen LogP contribution < -0.4 is 0 Å². The van der Waals surface area contributed by atoms with E-state index in [9.17, 15) is 0 Å². The van der Waals surface area contributed by atoms with Gasteiger partial charge in [-0.3, -0.25) is 9.58 Å². The number of nitrogens with zero attached hydrogens (tertiary/aromatic N) is 3. The Balaban J connectivity index is 1.53. The van der Waals surface area contributed by atoms with Gasteiger partial charge in [0.05, 0.1) is 6.20 Å². The van der Waals surface area contributed by atoms with Gasteiger partial charge in [0.15, 0.2) is 0 Å². The molecule has 0 N–H and O–H groups in total. The minimum Gasteiger partial charge on any atom is -0.297 e. The molecule has 2 aromatic rings. The van der Waals surface area contributed by atoms with Crippen LogP contribution in [0.1, 0.15) is 44.2 Å². The molecule has 4 rings (SSSR count). The van der Waals surface area contributed by atoms with Gasteiger partial charge < -0.3 is 0 Å². The molecule has 2 heterocycles. The molecule has 1 aliphatic carbocycles. The molecule has 1 aliphatic heterocycles. The van der Waals surface area contributed by atoms with Gasteiger partial charge in [0.2, 0.25) is 0 Å². The summed E-state index contributed by atoms with van der Waals surface area (Å²) in [6.07, 6.45) is 9.66. The fourth-order valence-electron chi connectivity index (χ4n) is 3.50. The van der Waals surface area contributed by atoms with Crippen molar-refractivity contribution in [2.24, 2.45) is 5.92 Å². The summed E-state index contributed by atoms with van der Waals surface area (Å²) in [7, 11) is 0. The fraction of sp³-hybridized carbons (Fsp3) is 0.526. The van der Waals surface area contributed by atoms with Gasteiger partial charge in [-0.15, -0.1) is 0 Å². The van der Waals surface area contributed by atoms with Gasteiger partial charge in [0.1, 0.15) is 0 Å². The molecule has 3 nitrogen and oxygen atoms in total. The van der Waals surface area contributed by atoms with Gasteiger partial charge in [-0.25, -0.2) is 0 Å². The van der Waals surface area contributed by atoms with Crippen LogP contribution in [0.25, 0.3) is 11.1 Å². The maximum atomic E-state index is 4.53. The van der Waals surface area contributed by atoms with Crippen molar-refractivity contribution >= 4 is 0 Å². The Kier molecular flexibility index (Phi) is 3.75. The molecule has 1 saturated carbocycles. The van der Waals surface area contributed by atoms with Gasteiger partial charge in [0, 0.05) is 24.3 Å². The summed E-state index contributed by atoms with van der Waals surface area (Å²) >= 11 is 0. The summed E-state index contributed by atoms with van der Waals surface area (Å²) in [5.74, 6) is 0.870. The number of aromatic nitrogens is 2. The molecule has 1 atom stereocenters. The number of rotatable bonds is 5. The van der Waals surface area contributed by atoms with E-state index in [1.807, 2.05) is 6.20 Å². The Morgan fingerprint density at radius 2 is 2.00 bits per heavy atom. The Labute approximate surface area is 132 Å². The molecule has 2 fully saturated rings. The van der Waals surface area contributed by atoms with E-state index in [0.717, 1.165) is 12.5 Å². The highest BCUT2D eigenvalue weighted by Gasteiger charge is 2.22. The highest BCUT2D eigenvalue weighted by molar-refractivity contribution is 5.62. The second-order valence-corrected chi connectivity index (χ2v) is 6.94. The average Bonchev–Trinajstić information content (AvgIpc) is 3.04. The van der Waals surface area contributed by atoms with Crippen molar-refractivity contribution in [2.75, 3.05) is 13.1 Å². The van der Waals surface area contributed by atoms with Crippen LogP contribution in [0.15, 0.2) is 36.7 Å². The lowest BCUT2D eigenvalue weighted by molar-refractivity contribution is 0.263. The Morgan fingerprint density at radius 1 is 1.18 bits per heavy atom. The summed E-state index contributed by atoms with van der Waals surface area (Å²) in [6, 6.07) is 9.53. The molecule has 0 radical (unpaired) electrons. The highest BCUT2D eigenvalue weighted by atomic mass is 15.3. The SMILES string of the molecule is C[C@H](c1cccc(-c2cnn(CC3CC3)c2)c1)N1CCCC1. The zero-order valence-electron chi connectivity index (χ0n) is 13.4. The Bertz CT molecular complexity index is 636. The molecule has 116 valence electrons. The maximum absolute atomic E-state index is 4.53. The molecular formula is C19H25N3. The van der Waals surface area contributed by atoms with Crippen LogP contribution in [0.3, 0.4) is 0 Å². The van der Waals surface area contributed by atoms with Crippen molar-refractivity contribution in [2.45, 2.75) is 45.2 Å². The van der Waals surface area contributed by atoms with E-state index >= 15 is 0 Å². The predicted octanol–water partition coefficient (Wildman–Crippen LogP) is 4.12. The first kappa shape index (κ1) is 14.0. The van der Waals surface area contributed by atoms with Crippen LogP contribution in [0, 0.1) is 5.92 Å². The lowest BCUT2D eigenvalue weighted by Gasteiger charge is -2.24. The van der Waals surface area contributed by atoms with Crippen LogP contribution in [0.4, 0.5) is 0 Å². The molecule has 22 heavy (non-hydrogen) atoms. The first-order valence-electron chi connectivity index (χ1n) is 8.66. The number of hydrogen-bond acceptors (Lipinski definition) is 2. The standard InChI is InChI=1S/C19H25N3/c1-15(21-9-2-3-10-21)17-5-4-6-18(11-17)19-12-20-22(14-19)13-16-7-8-16/h4-6,11-12,14-16H,2-3,7-10,13H2,1H3/t15-/m1/s1. The van der Waals surface area contributed by atoms with E-state index in [1.54, 1.807) is 0 Å². The molecule has 1 aromatic heterocycles. The predicted molar refractivity (Wildman–Crippen MR) is 89.6 cm³/mol. The fourth-order valence-corrected chi connectivity index (χ4v) is 3.50. The van der Waals surface area contributed by atoms with Crippen molar-refractivity contribution in [3.63, 3.8) is 0 Å². The molecule has 0 spiro atoms. The van der Waals surface area contributed by atoms with Gasteiger partial charge in [0.25, 0.3) is 0 Å². The van der Waals surface area contributed by atoms with Crippen LogP contribution in [-0.4, -0.2) is 27.8 Å². The third kappa shape index (κ3) is 2.95. The molecule has 1 aromatic carbocycles. The van der Waals surface area contributed by atoms with E-state index in [-0.39, 0.29) is 0 Å². The number of hydrogen-bond donors (Lipinski definition) is 0. The summed E-state index contributed by atoms with van der Waals surface area (Å²) in [5.41, 5.74) is 3.97. The minimum absolute atomic E-state index is 0.518. The van der Waals surface area contributed by atoms with E-state index < -0.39 is 0 Å². The normalized spacial score (nSPS) is 20.4. The number of likely N-dealkylation sites (tertiary alicyclic amines) is 1. The van der Waals surface area contributed by atoms with Crippen molar-refractivity contribution in [1.82, 2.24) is 14.7 Å². The maximum Gasteiger partial charge on any atom is 0.0568 e. The quantitative estimate of drug-likeness (QED) is 0.827. The highest BCUT2D eigenvalue weighted by Crippen LogP contribution is 2.31. The third-order valence-electron chi connectivity index (χ3n) is 5.17. The van der Waals surface area contributed by atoms with Crippen LogP contribution in [0.5, 0.6) is 0 Å². The summed E-state index contributed by atoms with van der Waals surface area (Å²) in [6.45, 7) is 5.90. The van der Waals surface area contributed by atoms with Crippen molar-refractivity contribution < 1.29 is 0 Å². The molecule has 2 aliphatic rings. The molecule has 3 heteroatoms. The molecule has 0 bridgehead atoms. The lowest BCUT2D eigenvalue weighted by atomic mass is 10.0. The molecular weight excluding hydrogens is 270 g/mol. The smallest absolute Gasteiger partial charge is 0.0568 e. The Hall–Kier alpha value is -1.61. The van der Waals surface area contributed by atoms with E-state index in [4.69, 9.17) is 0 Å². The summed E-state index contributed by atoms with van der Waals surface area (Å²) in [4.78, 5) is 2.59. The molecule has 0 unspecified atom stereocenters. The topological polar surface area (TPSA) is 21.1 Å². The van der Waals surface area contributed by atoms with Gasteiger partial charge in [-0.2, -0.15) is 5.10 Å². The largest absolute Gasteiger partial charge is 0.297 e. The first-order valence-corrected chi connectivity index (χ1v) is 8.66. The van der Waals surface area contributed by atoms with Crippen LogP contribution in [-0.2, 0) is 6.54 Å². The lowest BCUT2D eigenvalue weighted by Crippen LogP contribution is -2.23. The van der Waals surface area contributed by atoms with Crippen molar-refractivity contribution in [3.05, 3.63) is 42.2 Å². The van der Waals surface area contributed by atoms with Crippen molar-refractivity contribution in [3.8, 4) is 11.1 Å². The van der Waals surface area contributed by atoms with Gasteiger partial charge in [-0.05, 0) is 68.8 Å².